The zero-order valence-electron chi connectivity index (χ0n) is 11.4. The summed E-state index contributed by atoms with van der Waals surface area (Å²) >= 11 is 0. The highest BCUT2D eigenvalue weighted by Crippen LogP contribution is 2.27. The number of carbonyl (C=O) groups excluding carboxylic acids is 1. The summed E-state index contributed by atoms with van der Waals surface area (Å²) in [4.78, 5) is 16.2. The van der Waals surface area contributed by atoms with E-state index in [9.17, 15) is 4.79 Å². The minimum Gasteiger partial charge on any atom is -0.409 e. The molecule has 1 aromatic heterocycles. The van der Waals surface area contributed by atoms with Gasteiger partial charge < -0.3 is 16.3 Å². The molecule has 1 aromatic rings. The summed E-state index contributed by atoms with van der Waals surface area (Å²) in [6.07, 6.45) is 8.59. The molecule has 0 saturated heterocycles. The third-order valence-corrected chi connectivity index (χ3v) is 3.83. The summed E-state index contributed by atoms with van der Waals surface area (Å²) in [6, 6.07) is 3.40. The van der Waals surface area contributed by atoms with Crippen molar-refractivity contribution in [2.45, 2.75) is 44.1 Å². The van der Waals surface area contributed by atoms with Crippen LogP contribution in [0.25, 0.3) is 0 Å². The number of nitrogens with zero attached hydrogens (tertiary/aromatic N) is 2. The Balaban J connectivity index is 2.22. The van der Waals surface area contributed by atoms with E-state index in [0.29, 0.717) is 18.4 Å². The number of amidine groups is 1. The van der Waals surface area contributed by atoms with Crippen molar-refractivity contribution in [2.24, 2.45) is 10.9 Å². The van der Waals surface area contributed by atoms with Crippen LogP contribution in [0.3, 0.4) is 0 Å². The standard InChI is InChI=1S/C14H20N4O2/c15-13(18-20)14(7-3-1-2-4-8-14)17-12(19)11-6-5-9-16-10-11/h5-6,9-10,20H,1-4,7-8H2,(H2,15,18)(H,17,19). The molecular weight excluding hydrogens is 256 g/mol. The quantitative estimate of drug-likeness (QED) is 0.257. The number of pyridine rings is 1. The molecular formula is C14H20N4O2. The van der Waals surface area contributed by atoms with Crippen LogP contribution in [0.5, 0.6) is 0 Å². The van der Waals surface area contributed by atoms with E-state index in [0.717, 1.165) is 25.7 Å². The van der Waals surface area contributed by atoms with Gasteiger partial charge in [0.2, 0.25) is 0 Å². The van der Waals surface area contributed by atoms with Gasteiger partial charge in [0, 0.05) is 12.4 Å². The first kappa shape index (κ1) is 14.3. The molecule has 108 valence electrons. The van der Waals surface area contributed by atoms with Gasteiger partial charge in [-0.1, -0.05) is 30.8 Å². The van der Waals surface area contributed by atoms with Crippen molar-refractivity contribution in [1.29, 1.82) is 0 Å². The molecule has 1 aliphatic rings. The van der Waals surface area contributed by atoms with Crippen LogP contribution in [0, 0.1) is 0 Å². The molecule has 6 nitrogen and oxygen atoms in total. The summed E-state index contributed by atoms with van der Waals surface area (Å²) in [5, 5.41) is 15.1. The Morgan fingerprint density at radius 3 is 2.60 bits per heavy atom. The van der Waals surface area contributed by atoms with Gasteiger partial charge in [-0.25, -0.2) is 0 Å². The fourth-order valence-electron chi connectivity index (χ4n) is 2.66. The number of nitrogens with one attached hydrogen (secondary N) is 1. The van der Waals surface area contributed by atoms with Gasteiger partial charge in [-0.15, -0.1) is 0 Å². The molecule has 1 amide bonds. The molecule has 1 fully saturated rings. The van der Waals surface area contributed by atoms with Crippen LogP contribution in [-0.4, -0.2) is 27.5 Å². The van der Waals surface area contributed by atoms with E-state index in [4.69, 9.17) is 10.9 Å². The van der Waals surface area contributed by atoms with Gasteiger partial charge in [-0.05, 0) is 25.0 Å². The molecule has 0 aromatic carbocycles. The van der Waals surface area contributed by atoms with Crippen molar-refractivity contribution in [2.75, 3.05) is 0 Å². The first-order valence-electron chi connectivity index (χ1n) is 6.88. The minimum absolute atomic E-state index is 0.0802. The Kier molecular flexibility index (Phi) is 4.55. The number of aromatic nitrogens is 1. The lowest BCUT2D eigenvalue weighted by Gasteiger charge is -2.32. The first-order valence-corrected chi connectivity index (χ1v) is 6.88. The normalized spacial score (nSPS) is 19.1. The van der Waals surface area contributed by atoms with Gasteiger partial charge in [-0.3, -0.25) is 9.78 Å². The highest BCUT2D eigenvalue weighted by atomic mass is 16.4. The predicted octanol–water partition coefficient (Wildman–Crippen LogP) is 1.65. The maximum Gasteiger partial charge on any atom is 0.253 e. The molecule has 1 saturated carbocycles. The topological polar surface area (TPSA) is 101 Å². The van der Waals surface area contributed by atoms with Crippen LogP contribution in [0.15, 0.2) is 29.7 Å². The molecule has 1 heterocycles. The Bertz CT molecular complexity index is 479. The molecule has 0 atom stereocenters. The zero-order chi connectivity index (χ0) is 14.4. The van der Waals surface area contributed by atoms with Crippen molar-refractivity contribution in [3.63, 3.8) is 0 Å². The van der Waals surface area contributed by atoms with Crippen molar-refractivity contribution in [3.05, 3.63) is 30.1 Å². The highest BCUT2D eigenvalue weighted by molar-refractivity contribution is 6.00. The number of hydrogen-bond donors (Lipinski definition) is 3. The summed E-state index contributed by atoms with van der Waals surface area (Å²) in [5.74, 6) is -0.164. The van der Waals surface area contributed by atoms with Crippen LogP contribution in [0.1, 0.15) is 48.9 Å². The highest BCUT2D eigenvalue weighted by Gasteiger charge is 2.37. The average Bonchev–Trinajstić information content (AvgIpc) is 2.74. The van der Waals surface area contributed by atoms with Gasteiger partial charge >= 0.3 is 0 Å². The molecule has 2 rings (SSSR count). The third-order valence-electron chi connectivity index (χ3n) is 3.83. The molecule has 0 unspecified atom stereocenters. The molecule has 0 aliphatic heterocycles. The van der Waals surface area contributed by atoms with Crippen LogP contribution in [-0.2, 0) is 0 Å². The van der Waals surface area contributed by atoms with Gasteiger partial charge in [0.15, 0.2) is 5.84 Å². The van der Waals surface area contributed by atoms with Crippen LogP contribution >= 0.6 is 0 Å². The maximum absolute atomic E-state index is 12.3. The van der Waals surface area contributed by atoms with Gasteiger partial charge in [0.25, 0.3) is 5.91 Å². The average molecular weight is 276 g/mol. The molecule has 6 heteroatoms. The van der Waals surface area contributed by atoms with Crippen molar-refractivity contribution < 1.29 is 10.0 Å². The lowest BCUT2D eigenvalue weighted by atomic mass is 9.88. The SMILES string of the molecule is N/C(=N/O)C1(NC(=O)c2cccnc2)CCCCCC1. The third kappa shape index (κ3) is 3.07. The second-order valence-electron chi connectivity index (χ2n) is 5.18. The molecule has 0 radical (unpaired) electrons. The zero-order valence-corrected chi connectivity index (χ0v) is 11.4. The number of rotatable bonds is 3. The Morgan fingerprint density at radius 1 is 1.35 bits per heavy atom. The van der Waals surface area contributed by atoms with E-state index < -0.39 is 5.54 Å². The Morgan fingerprint density at radius 2 is 2.05 bits per heavy atom. The summed E-state index contributed by atoms with van der Waals surface area (Å²) < 4.78 is 0. The van der Waals surface area contributed by atoms with Crippen molar-refractivity contribution in [3.8, 4) is 0 Å². The molecule has 0 bridgehead atoms. The van der Waals surface area contributed by atoms with E-state index in [2.05, 4.69) is 15.5 Å². The van der Waals surface area contributed by atoms with E-state index in [1.807, 2.05) is 0 Å². The summed E-state index contributed by atoms with van der Waals surface area (Å²) in [5.41, 5.74) is 5.57. The largest absolute Gasteiger partial charge is 0.409 e. The smallest absolute Gasteiger partial charge is 0.253 e. The monoisotopic (exact) mass is 276 g/mol. The number of nitrogens with two attached hydrogens (primary N) is 1. The van der Waals surface area contributed by atoms with E-state index >= 15 is 0 Å². The number of oxime groups is 1. The van der Waals surface area contributed by atoms with Crippen molar-refractivity contribution in [1.82, 2.24) is 10.3 Å². The predicted molar refractivity (Wildman–Crippen MR) is 75.5 cm³/mol. The second-order valence-corrected chi connectivity index (χ2v) is 5.18. The number of carbonyl (C=O) groups is 1. The van der Waals surface area contributed by atoms with Crippen molar-refractivity contribution >= 4 is 11.7 Å². The molecule has 4 N–H and O–H groups in total. The van der Waals surface area contributed by atoms with E-state index in [1.165, 1.54) is 6.20 Å². The van der Waals surface area contributed by atoms with Crippen LogP contribution in [0.2, 0.25) is 0 Å². The fourth-order valence-corrected chi connectivity index (χ4v) is 2.66. The summed E-state index contributed by atoms with van der Waals surface area (Å²) in [6.45, 7) is 0. The molecule has 20 heavy (non-hydrogen) atoms. The second kappa shape index (κ2) is 6.36. The molecule has 0 spiro atoms. The Labute approximate surface area is 118 Å². The summed E-state index contributed by atoms with van der Waals surface area (Å²) in [7, 11) is 0. The maximum atomic E-state index is 12.3. The molecule has 1 aliphatic carbocycles. The Hall–Kier alpha value is -2.11. The lowest BCUT2D eigenvalue weighted by molar-refractivity contribution is 0.0915. The van der Waals surface area contributed by atoms with E-state index in [1.54, 1.807) is 18.3 Å². The van der Waals surface area contributed by atoms with E-state index in [-0.39, 0.29) is 11.7 Å². The van der Waals surface area contributed by atoms with Crippen LogP contribution in [0.4, 0.5) is 0 Å². The number of amides is 1. The van der Waals surface area contributed by atoms with Gasteiger partial charge in [-0.2, -0.15) is 0 Å². The minimum atomic E-state index is -0.752. The van der Waals surface area contributed by atoms with Gasteiger partial charge in [0.1, 0.15) is 5.54 Å². The number of hydrogen-bond acceptors (Lipinski definition) is 4. The van der Waals surface area contributed by atoms with Gasteiger partial charge in [0.05, 0.1) is 5.56 Å². The fraction of sp³-hybridized carbons (Fsp3) is 0.500. The van der Waals surface area contributed by atoms with Crippen LogP contribution < -0.4 is 11.1 Å². The first-order chi connectivity index (χ1) is 9.68. The lowest BCUT2D eigenvalue weighted by Crippen LogP contribution is -2.57.